The summed E-state index contributed by atoms with van der Waals surface area (Å²) in [5, 5.41) is 20.5. The number of hydrogen-bond acceptors (Lipinski definition) is 6. The summed E-state index contributed by atoms with van der Waals surface area (Å²) in [7, 11) is -2.72. The fourth-order valence-corrected chi connectivity index (χ4v) is 2.71. The quantitative estimate of drug-likeness (QED) is 0.665. The van der Waals surface area contributed by atoms with Gasteiger partial charge in [0.1, 0.15) is 11.4 Å². The molecule has 2 aromatic rings. The van der Waals surface area contributed by atoms with Gasteiger partial charge in [-0.15, -0.1) is 0 Å². The summed E-state index contributed by atoms with van der Waals surface area (Å²) in [6, 6.07) is 0. The predicted octanol–water partition coefficient (Wildman–Crippen LogP) is -0.645. The van der Waals surface area contributed by atoms with Crippen LogP contribution in [0.3, 0.4) is 0 Å². The van der Waals surface area contributed by atoms with Crippen LogP contribution in [0.2, 0.25) is 0 Å². The Kier molecular flexibility index (Phi) is 3.55. The number of rotatable bonds is 5. The zero-order chi connectivity index (χ0) is 14.9. The van der Waals surface area contributed by atoms with Crippen molar-refractivity contribution in [2.45, 2.75) is 18.5 Å². The van der Waals surface area contributed by atoms with Gasteiger partial charge in [0.15, 0.2) is 10.9 Å². The molecule has 108 valence electrons. The molecule has 0 aliphatic carbocycles. The second-order valence-electron chi connectivity index (χ2n) is 4.02. The van der Waals surface area contributed by atoms with E-state index in [1.54, 1.807) is 6.92 Å². The van der Waals surface area contributed by atoms with Gasteiger partial charge in [-0.05, 0) is 6.92 Å². The number of carboxylic acid groups (broad SMARTS) is 1. The van der Waals surface area contributed by atoms with Crippen LogP contribution in [0.15, 0.2) is 11.2 Å². The molecule has 0 spiro atoms. The number of nitrogens with zero attached hydrogens (tertiary/aromatic N) is 4. The van der Waals surface area contributed by atoms with Gasteiger partial charge in [-0.2, -0.15) is 14.5 Å². The highest BCUT2D eigenvalue weighted by Crippen LogP contribution is 2.17. The van der Waals surface area contributed by atoms with E-state index in [1.807, 2.05) is 0 Å². The third kappa shape index (κ3) is 2.53. The fourth-order valence-electron chi connectivity index (χ4n) is 1.52. The molecule has 2 aromatic heterocycles. The molecule has 0 saturated heterocycles. The molecule has 0 saturated carbocycles. The highest BCUT2D eigenvalue weighted by molar-refractivity contribution is 7.89. The van der Waals surface area contributed by atoms with Crippen molar-refractivity contribution in [2.75, 3.05) is 7.05 Å². The van der Waals surface area contributed by atoms with Crippen LogP contribution in [0.25, 0.3) is 0 Å². The third-order valence-corrected chi connectivity index (χ3v) is 4.29. The van der Waals surface area contributed by atoms with Gasteiger partial charge >= 0.3 is 5.97 Å². The van der Waals surface area contributed by atoms with Crippen LogP contribution in [0.4, 0.5) is 0 Å². The van der Waals surface area contributed by atoms with Gasteiger partial charge in [-0.1, -0.05) is 0 Å². The number of aromatic amines is 2. The Bertz CT molecular complexity index is 733. The van der Waals surface area contributed by atoms with Crippen molar-refractivity contribution in [1.29, 1.82) is 0 Å². The van der Waals surface area contributed by atoms with E-state index in [0.717, 1.165) is 10.5 Å². The first-order valence-corrected chi connectivity index (χ1v) is 6.87. The lowest BCUT2D eigenvalue weighted by molar-refractivity contribution is 0.0692. The van der Waals surface area contributed by atoms with Crippen LogP contribution in [-0.4, -0.2) is 56.2 Å². The van der Waals surface area contributed by atoms with E-state index in [9.17, 15) is 13.2 Å². The molecule has 10 nitrogen and oxygen atoms in total. The Morgan fingerprint density at radius 2 is 2.15 bits per heavy atom. The summed E-state index contributed by atoms with van der Waals surface area (Å²) in [6.45, 7) is 1.59. The van der Waals surface area contributed by atoms with Gasteiger partial charge in [0.25, 0.3) is 10.0 Å². The lowest BCUT2D eigenvalue weighted by Crippen LogP contribution is -2.28. The number of carboxylic acids is 1. The van der Waals surface area contributed by atoms with Crippen LogP contribution in [0, 0.1) is 6.92 Å². The van der Waals surface area contributed by atoms with Crippen molar-refractivity contribution in [3.05, 3.63) is 23.4 Å². The molecule has 0 radical (unpaired) electrons. The minimum absolute atomic E-state index is 0.0925. The van der Waals surface area contributed by atoms with Crippen molar-refractivity contribution < 1.29 is 18.3 Å². The van der Waals surface area contributed by atoms with E-state index in [0.29, 0.717) is 5.82 Å². The SMILES string of the molecule is Cc1nc(CN(C)S(=O)(=O)c2[nH]ncc2C(=O)O)n[nH]1. The van der Waals surface area contributed by atoms with E-state index in [2.05, 4.69) is 25.4 Å². The fraction of sp³-hybridized carbons (Fsp3) is 0.333. The third-order valence-electron chi connectivity index (χ3n) is 2.51. The molecular formula is C9H12N6O4S. The van der Waals surface area contributed by atoms with Crippen molar-refractivity contribution in [3.63, 3.8) is 0 Å². The first-order valence-electron chi connectivity index (χ1n) is 5.43. The number of H-pyrrole nitrogens is 2. The van der Waals surface area contributed by atoms with Gasteiger partial charge in [-0.25, -0.2) is 18.2 Å². The minimum Gasteiger partial charge on any atom is -0.478 e. The maximum absolute atomic E-state index is 12.3. The monoisotopic (exact) mass is 300 g/mol. The lowest BCUT2D eigenvalue weighted by atomic mass is 10.4. The van der Waals surface area contributed by atoms with E-state index in [4.69, 9.17) is 5.11 Å². The summed E-state index contributed by atoms with van der Waals surface area (Å²) < 4.78 is 25.5. The molecule has 0 bridgehead atoms. The molecule has 11 heteroatoms. The predicted molar refractivity (Wildman–Crippen MR) is 65.3 cm³/mol. The maximum Gasteiger partial charge on any atom is 0.340 e. The number of hydrogen-bond donors (Lipinski definition) is 3. The molecule has 3 N–H and O–H groups in total. The standard InChI is InChI=1S/C9H12N6O4S/c1-5-11-7(13-12-5)4-15(2)20(18,19)8-6(9(16)17)3-10-14-8/h3H,4H2,1-2H3,(H,10,14)(H,16,17)(H,11,12,13). The lowest BCUT2D eigenvalue weighted by Gasteiger charge is -2.14. The summed E-state index contributed by atoms with van der Waals surface area (Å²) >= 11 is 0. The Hall–Kier alpha value is -2.27. The van der Waals surface area contributed by atoms with Gasteiger partial charge in [-0.3, -0.25) is 10.2 Å². The first-order chi connectivity index (χ1) is 9.32. The molecule has 0 fully saturated rings. The molecule has 2 rings (SSSR count). The van der Waals surface area contributed by atoms with Crippen LogP contribution in [0.1, 0.15) is 22.0 Å². The van der Waals surface area contributed by atoms with Crippen LogP contribution < -0.4 is 0 Å². The zero-order valence-electron chi connectivity index (χ0n) is 10.7. The van der Waals surface area contributed by atoms with Crippen LogP contribution in [-0.2, 0) is 16.6 Å². The van der Waals surface area contributed by atoms with E-state index in [-0.39, 0.29) is 12.4 Å². The topological polar surface area (TPSA) is 145 Å². The summed E-state index contributed by atoms with van der Waals surface area (Å²) in [6.07, 6.45) is 0.944. The smallest absolute Gasteiger partial charge is 0.340 e. The number of sulfonamides is 1. The molecule has 0 unspecified atom stereocenters. The highest BCUT2D eigenvalue weighted by atomic mass is 32.2. The van der Waals surface area contributed by atoms with Crippen LogP contribution in [0.5, 0.6) is 0 Å². The van der Waals surface area contributed by atoms with Gasteiger partial charge < -0.3 is 5.11 Å². The van der Waals surface area contributed by atoms with Gasteiger partial charge in [0.05, 0.1) is 12.7 Å². The molecular weight excluding hydrogens is 288 g/mol. The second-order valence-corrected chi connectivity index (χ2v) is 6.00. The summed E-state index contributed by atoms with van der Waals surface area (Å²) in [4.78, 5) is 14.9. The first kappa shape index (κ1) is 14.1. The van der Waals surface area contributed by atoms with E-state index < -0.39 is 26.6 Å². The molecule has 0 aliphatic heterocycles. The molecule has 0 aliphatic rings. The number of carbonyl (C=O) groups is 1. The number of aromatic carboxylic acids is 1. The second kappa shape index (κ2) is 5.02. The van der Waals surface area contributed by atoms with E-state index in [1.165, 1.54) is 7.05 Å². The molecule has 20 heavy (non-hydrogen) atoms. The van der Waals surface area contributed by atoms with E-state index >= 15 is 0 Å². The zero-order valence-corrected chi connectivity index (χ0v) is 11.5. The maximum atomic E-state index is 12.3. The van der Waals surface area contributed by atoms with Crippen molar-refractivity contribution in [1.82, 2.24) is 29.7 Å². The number of aryl methyl sites for hydroxylation is 1. The molecule has 2 heterocycles. The largest absolute Gasteiger partial charge is 0.478 e. The minimum atomic E-state index is -4.02. The van der Waals surface area contributed by atoms with Gasteiger partial charge in [0.2, 0.25) is 0 Å². The van der Waals surface area contributed by atoms with Gasteiger partial charge in [0, 0.05) is 7.05 Å². The normalized spacial score (nSPS) is 11.9. The Morgan fingerprint density at radius 3 is 2.70 bits per heavy atom. The average Bonchev–Trinajstić information content (AvgIpc) is 2.98. The Morgan fingerprint density at radius 1 is 1.45 bits per heavy atom. The molecule has 0 amide bonds. The highest BCUT2D eigenvalue weighted by Gasteiger charge is 2.29. The van der Waals surface area contributed by atoms with Crippen molar-refractivity contribution in [2.24, 2.45) is 0 Å². The number of aromatic nitrogens is 5. The Balaban J connectivity index is 2.30. The Labute approximate surface area is 113 Å². The van der Waals surface area contributed by atoms with Crippen LogP contribution >= 0.6 is 0 Å². The summed E-state index contributed by atoms with van der Waals surface area (Å²) in [5.74, 6) is -0.539. The molecule has 0 atom stereocenters. The average molecular weight is 300 g/mol. The number of nitrogens with one attached hydrogen (secondary N) is 2. The van der Waals surface area contributed by atoms with Crippen molar-refractivity contribution in [3.8, 4) is 0 Å². The van der Waals surface area contributed by atoms with Crippen molar-refractivity contribution >= 4 is 16.0 Å². The summed E-state index contributed by atoms with van der Waals surface area (Å²) in [5.41, 5.74) is -0.414. The molecule has 0 aromatic carbocycles.